The molecule has 0 aromatic heterocycles. The molecule has 0 heterocycles. The maximum Gasteiger partial charge on any atom is 0.341 e. The summed E-state index contributed by atoms with van der Waals surface area (Å²) in [5.41, 5.74) is 0.406. The summed E-state index contributed by atoms with van der Waals surface area (Å²) >= 11 is 5.58. The first kappa shape index (κ1) is 18.3. The lowest BCUT2D eigenvalue weighted by molar-refractivity contribution is 0.0594. The Morgan fingerprint density at radius 2 is 1.71 bits per heavy atom. The highest BCUT2D eigenvalue weighted by molar-refractivity contribution is 6.30. The molecule has 0 aliphatic carbocycles. The van der Waals surface area contributed by atoms with Gasteiger partial charge in [0.05, 0.1) is 12.7 Å². The number of benzene rings is 1. The van der Waals surface area contributed by atoms with Crippen LogP contribution in [-0.4, -0.2) is 13.1 Å². The highest BCUT2D eigenvalue weighted by atomic mass is 35.5. The molecule has 1 aromatic rings. The van der Waals surface area contributed by atoms with Crippen molar-refractivity contribution < 1.29 is 13.9 Å². The van der Waals surface area contributed by atoms with Crippen LogP contribution in [0.4, 0.5) is 4.39 Å². The molecule has 2 nitrogen and oxygen atoms in total. The SMILES string of the molecule is CC.CC.COC(=O)c1c(C)cc(Cl)cc1F. The molecular weight excluding hydrogens is 243 g/mol. The van der Waals surface area contributed by atoms with Gasteiger partial charge in [-0.1, -0.05) is 39.3 Å². The summed E-state index contributed by atoms with van der Waals surface area (Å²) in [5.74, 6) is -1.34. The van der Waals surface area contributed by atoms with Crippen LogP contribution in [0.1, 0.15) is 43.6 Å². The van der Waals surface area contributed by atoms with Gasteiger partial charge in [-0.15, -0.1) is 0 Å². The number of aryl methyl sites for hydroxylation is 1. The van der Waals surface area contributed by atoms with E-state index in [4.69, 9.17) is 11.6 Å². The predicted octanol–water partition coefficient (Wildman–Crippen LogP) is 4.63. The molecule has 1 aromatic carbocycles. The van der Waals surface area contributed by atoms with E-state index in [0.29, 0.717) is 5.56 Å². The minimum atomic E-state index is -0.688. The van der Waals surface area contributed by atoms with Crippen molar-refractivity contribution in [3.05, 3.63) is 34.1 Å². The van der Waals surface area contributed by atoms with Crippen molar-refractivity contribution in [3.63, 3.8) is 0 Å². The number of carbonyl (C=O) groups excluding carboxylic acids is 1. The van der Waals surface area contributed by atoms with Crippen LogP contribution in [0.15, 0.2) is 12.1 Å². The third kappa shape index (κ3) is 5.68. The minimum Gasteiger partial charge on any atom is -0.465 e. The standard InChI is InChI=1S/C9H8ClFO2.2C2H6/c1-5-3-6(10)4-7(11)8(5)9(12)13-2;2*1-2/h3-4H,1-2H3;2*1-2H3. The lowest BCUT2D eigenvalue weighted by Gasteiger charge is -2.05. The monoisotopic (exact) mass is 262 g/mol. The minimum absolute atomic E-state index is 0.0631. The smallest absolute Gasteiger partial charge is 0.341 e. The first-order valence-corrected chi connectivity index (χ1v) is 5.98. The molecule has 1 rings (SSSR count). The van der Waals surface area contributed by atoms with Crippen molar-refractivity contribution in [2.45, 2.75) is 34.6 Å². The number of esters is 1. The molecule has 0 atom stereocenters. The van der Waals surface area contributed by atoms with Crippen molar-refractivity contribution >= 4 is 17.6 Å². The summed E-state index contributed by atoms with van der Waals surface area (Å²) in [5, 5.41) is 0.266. The molecule has 0 aliphatic rings. The molecule has 17 heavy (non-hydrogen) atoms. The molecule has 0 N–H and O–H groups in total. The molecule has 0 aliphatic heterocycles. The predicted molar refractivity (Wildman–Crippen MR) is 70.2 cm³/mol. The zero-order chi connectivity index (χ0) is 14.0. The number of methoxy groups -OCH3 is 1. The van der Waals surface area contributed by atoms with Crippen LogP contribution < -0.4 is 0 Å². The van der Waals surface area contributed by atoms with Crippen molar-refractivity contribution in [2.75, 3.05) is 7.11 Å². The number of carbonyl (C=O) groups is 1. The Morgan fingerprint density at radius 1 is 1.24 bits per heavy atom. The van der Waals surface area contributed by atoms with E-state index in [2.05, 4.69) is 4.74 Å². The van der Waals surface area contributed by atoms with Crippen LogP contribution >= 0.6 is 11.6 Å². The van der Waals surface area contributed by atoms with Crippen molar-refractivity contribution in [3.8, 4) is 0 Å². The van der Waals surface area contributed by atoms with Gasteiger partial charge in [0.25, 0.3) is 0 Å². The second-order valence-corrected chi connectivity index (χ2v) is 3.01. The molecule has 0 saturated carbocycles. The molecule has 0 spiro atoms. The molecule has 0 saturated heterocycles. The van der Waals surface area contributed by atoms with Gasteiger partial charge in [0.1, 0.15) is 5.82 Å². The Bertz CT molecular complexity index is 328. The number of rotatable bonds is 1. The van der Waals surface area contributed by atoms with E-state index in [1.54, 1.807) is 6.92 Å². The summed E-state index contributed by atoms with van der Waals surface area (Å²) in [4.78, 5) is 11.1. The first-order valence-electron chi connectivity index (χ1n) is 5.60. The largest absolute Gasteiger partial charge is 0.465 e. The van der Waals surface area contributed by atoms with Crippen LogP contribution in [0.2, 0.25) is 5.02 Å². The number of hydrogen-bond donors (Lipinski definition) is 0. The van der Waals surface area contributed by atoms with E-state index in [0.717, 1.165) is 6.07 Å². The van der Waals surface area contributed by atoms with Gasteiger partial charge >= 0.3 is 5.97 Å². The number of ether oxygens (including phenoxy) is 1. The summed E-state index contributed by atoms with van der Waals surface area (Å²) in [6.45, 7) is 9.60. The molecule has 0 fully saturated rings. The lowest BCUT2D eigenvalue weighted by Crippen LogP contribution is -2.06. The van der Waals surface area contributed by atoms with Crippen LogP contribution in [0.5, 0.6) is 0 Å². The van der Waals surface area contributed by atoms with Crippen LogP contribution in [0.3, 0.4) is 0 Å². The zero-order valence-electron chi connectivity index (χ0n) is 11.2. The van der Waals surface area contributed by atoms with Crippen LogP contribution in [0.25, 0.3) is 0 Å². The molecule has 0 bridgehead atoms. The van der Waals surface area contributed by atoms with E-state index in [1.807, 2.05) is 27.7 Å². The number of hydrogen-bond acceptors (Lipinski definition) is 2. The summed E-state index contributed by atoms with van der Waals surface area (Å²) < 4.78 is 17.6. The van der Waals surface area contributed by atoms with Crippen molar-refractivity contribution in [1.29, 1.82) is 0 Å². The molecule has 98 valence electrons. The maximum atomic E-state index is 13.2. The Labute approximate surface area is 108 Å². The fourth-order valence-corrected chi connectivity index (χ4v) is 1.32. The van der Waals surface area contributed by atoms with E-state index in [1.165, 1.54) is 13.2 Å². The topological polar surface area (TPSA) is 26.3 Å². The normalized spacial score (nSPS) is 8.24. The quantitative estimate of drug-likeness (QED) is 0.690. The Balaban J connectivity index is 0. The average molecular weight is 263 g/mol. The fourth-order valence-electron chi connectivity index (χ4n) is 1.06. The summed E-state index contributed by atoms with van der Waals surface area (Å²) in [7, 11) is 1.20. The molecular formula is C13H20ClFO2. The molecule has 0 radical (unpaired) electrons. The Hall–Kier alpha value is -1.09. The summed E-state index contributed by atoms with van der Waals surface area (Å²) in [6, 6.07) is 2.59. The van der Waals surface area contributed by atoms with Crippen molar-refractivity contribution in [1.82, 2.24) is 0 Å². The third-order valence-corrected chi connectivity index (χ3v) is 1.86. The second kappa shape index (κ2) is 10.1. The van der Waals surface area contributed by atoms with Gasteiger partial charge in [0.15, 0.2) is 0 Å². The van der Waals surface area contributed by atoms with Crippen LogP contribution in [-0.2, 0) is 4.74 Å². The Kier molecular flexibility index (Phi) is 10.8. The van der Waals surface area contributed by atoms with Gasteiger partial charge < -0.3 is 4.74 Å². The second-order valence-electron chi connectivity index (χ2n) is 2.57. The van der Waals surface area contributed by atoms with Gasteiger partial charge in [-0.3, -0.25) is 0 Å². The van der Waals surface area contributed by atoms with E-state index in [9.17, 15) is 9.18 Å². The maximum absolute atomic E-state index is 13.2. The lowest BCUT2D eigenvalue weighted by atomic mass is 10.1. The number of halogens is 2. The molecule has 4 heteroatoms. The molecule has 0 amide bonds. The highest BCUT2D eigenvalue weighted by Gasteiger charge is 2.15. The first-order chi connectivity index (χ1) is 8.06. The highest BCUT2D eigenvalue weighted by Crippen LogP contribution is 2.19. The van der Waals surface area contributed by atoms with E-state index < -0.39 is 11.8 Å². The third-order valence-electron chi connectivity index (χ3n) is 1.64. The van der Waals surface area contributed by atoms with Gasteiger partial charge in [-0.05, 0) is 24.6 Å². The van der Waals surface area contributed by atoms with Gasteiger partial charge in [-0.25, -0.2) is 9.18 Å². The summed E-state index contributed by atoms with van der Waals surface area (Å²) in [6.07, 6.45) is 0. The van der Waals surface area contributed by atoms with E-state index >= 15 is 0 Å². The Morgan fingerprint density at radius 3 is 2.06 bits per heavy atom. The van der Waals surface area contributed by atoms with Gasteiger partial charge in [0, 0.05) is 5.02 Å². The van der Waals surface area contributed by atoms with Crippen molar-refractivity contribution in [2.24, 2.45) is 0 Å². The van der Waals surface area contributed by atoms with Gasteiger partial charge in [-0.2, -0.15) is 0 Å². The average Bonchev–Trinajstić information content (AvgIpc) is 2.32. The molecule has 0 unspecified atom stereocenters. The van der Waals surface area contributed by atoms with Gasteiger partial charge in [0.2, 0.25) is 0 Å². The zero-order valence-corrected chi connectivity index (χ0v) is 12.0. The fraction of sp³-hybridized carbons (Fsp3) is 0.462. The van der Waals surface area contributed by atoms with Crippen LogP contribution in [0, 0.1) is 12.7 Å². The van der Waals surface area contributed by atoms with E-state index in [-0.39, 0.29) is 10.6 Å².